The number of aromatic nitrogens is 3. The molecule has 0 saturated carbocycles. The zero-order valence-electron chi connectivity index (χ0n) is 18.4. The standard InChI is InChI=1S/C23H27N5O2S/c1-14-10-8-12-19(16(14)3)25-20(29)13-31-23-27-26-21(28(23)5)17(4)24-22(30)18-11-7-6-9-15(18)2/h6-12,17H,13H2,1-5H3,(H,24,30)(H,25,29)/t17-/m0/s1. The summed E-state index contributed by atoms with van der Waals surface area (Å²) in [6.45, 7) is 7.77. The number of hydrogen-bond donors (Lipinski definition) is 2. The van der Waals surface area contributed by atoms with Crippen molar-refractivity contribution in [3.8, 4) is 0 Å². The lowest BCUT2D eigenvalue weighted by atomic mass is 10.1. The topological polar surface area (TPSA) is 88.9 Å². The van der Waals surface area contributed by atoms with Gasteiger partial charge in [0.2, 0.25) is 5.91 Å². The van der Waals surface area contributed by atoms with Crippen molar-refractivity contribution in [2.45, 2.75) is 38.9 Å². The molecule has 0 saturated heterocycles. The number of thioether (sulfide) groups is 1. The molecule has 162 valence electrons. The SMILES string of the molecule is Cc1ccccc1C(=O)N[C@@H](C)c1nnc(SCC(=O)Nc2cccc(C)c2C)n1C. The number of rotatable bonds is 7. The molecule has 2 amide bonds. The highest BCUT2D eigenvalue weighted by Crippen LogP contribution is 2.22. The molecule has 8 heteroatoms. The molecule has 31 heavy (non-hydrogen) atoms. The highest BCUT2D eigenvalue weighted by Gasteiger charge is 2.19. The Morgan fingerprint density at radius 3 is 2.48 bits per heavy atom. The molecule has 0 aliphatic carbocycles. The van der Waals surface area contributed by atoms with Crippen LogP contribution in [0.3, 0.4) is 0 Å². The summed E-state index contributed by atoms with van der Waals surface area (Å²) in [6, 6.07) is 12.9. The quantitative estimate of drug-likeness (QED) is 0.546. The summed E-state index contributed by atoms with van der Waals surface area (Å²) >= 11 is 1.31. The van der Waals surface area contributed by atoms with Crippen molar-refractivity contribution < 1.29 is 9.59 Å². The molecular weight excluding hydrogens is 410 g/mol. The Bertz CT molecular complexity index is 1110. The number of benzene rings is 2. The second-order valence-corrected chi connectivity index (χ2v) is 8.44. The van der Waals surface area contributed by atoms with E-state index in [9.17, 15) is 9.59 Å². The van der Waals surface area contributed by atoms with Crippen LogP contribution in [0.15, 0.2) is 47.6 Å². The van der Waals surface area contributed by atoms with Crippen molar-refractivity contribution in [3.05, 3.63) is 70.5 Å². The lowest BCUT2D eigenvalue weighted by Crippen LogP contribution is -2.29. The predicted molar refractivity (Wildman–Crippen MR) is 123 cm³/mol. The van der Waals surface area contributed by atoms with Gasteiger partial charge >= 0.3 is 0 Å². The molecule has 3 aromatic rings. The van der Waals surface area contributed by atoms with Gasteiger partial charge in [0.15, 0.2) is 11.0 Å². The lowest BCUT2D eigenvalue weighted by molar-refractivity contribution is -0.113. The minimum absolute atomic E-state index is 0.107. The van der Waals surface area contributed by atoms with Gasteiger partial charge < -0.3 is 15.2 Å². The van der Waals surface area contributed by atoms with E-state index in [0.29, 0.717) is 16.5 Å². The first-order valence-corrected chi connectivity index (χ1v) is 11.0. The fourth-order valence-electron chi connectivity index (χ4n) is 3.20. The van der Waals surface area contributed by atoms with Crippen LogP contribution in [-0.4, -0.2) is 32.3 Å². The molecule has 0 aliphatic heterocycles. The Kier molecular flexibility index (Phi) is 7.12. The third-order valence-electron chi connectivity index (χ3n) is 5.20. The lowest BCUT2D eigenvalue weighted by Gasteiger charge is -2.14. The molecule has 0 radical (unpaired) electrons. The first-order valence-electron chi connectivity index (χ1n) is 10.0. The molecule has 0 unspecified atom stereocenters. The van der Waals surface area contributed by atoms with E-state index in [-0.39, 0.29) is 23.6 Å². The summed E-state index contributed by atoms with van der Waals surface area (Å²) < 4.78 is 1.80. The van der Waals surface area contributed by atoms with Crippen molar-refractivity contribution in [2.75, 3.05) is 11.1 Å². The normalized spacial score (nSPS) is 11.8. The monoisotopic (exact) mass is 437 g/mol. The molecule has 3 rings (SSSR count). The molecule has 1 heterocycles. The third-order valence-corrected chi connectivity index (χ3v) is 6.22. The summed E-state index contributed by atoms with van der Waals surface area (Å²) in [5.41, 5.74) is 4.55. The van der Waals surface area contributed by atoms with E-state index in [4.69, 9.17) is 0 Å². The zero-order valence-corrected chi connectivity index (χ0v) is 19.2. The highest BCUT2D eigenvalue weighted by atomic mass is 32.2. The minimum atomic E-state index is -0.331. The Morgan fingerprint density at radius 2 is 1.74 bits per heavy atom. The molecule has 2 N–H and O–H groups in total. The maximum absolute atomic E-state index is 12.6. The van der Waals surface area contributed by atoms with Gasteiger partial charge in [-0.05, 0) is 56.5 Å². The average molecular weight is 438 g/mol. The molecule has 1 aromatic heterocycles. The summed E-state index contributed by atoms with van der Waals surface area (Å²) in [6.07, 6.45) is 0. The highest BCUT2D eigenvalue weighted by molar-refractivity contribution is 7.99. The Morgan fingerprint density at radius 1 is 1.03 bits per heavy atom. The fraction of sp³-hybridized carbons (Fsp3) is 0.304. The number of carbonyl (C=O) groups is 2. The van der Waals surface area contributed by atoms with Crippen LogP contribution in [0.5, 0.6) is 0 Å². The summed E-state index contributed by atoms with van der Waals surface area (Å²) in [5, 5.41) is 14.9. The van der Waals surface area contributed by atoms with Crippen molar-refractivity contribution >= 4 is 29.3 Å². The second kappa shape index (κ2) is 9.78. The van der Waals surface area contributed by atoms with E-state index < -0.39 is 0 Å². The summed E-state index contributed by atoms with van der Waals surface area (Å²) in [5.74, 6) is 0.572. The zero-order chi connectivity index (χ0) is 22.5. The van der Waals surface area contributed by atoms with Gasteiger partial charge in [-0.1, -0.05) is 42.1 Å². The number of amides is 2. The number of carbonyl (C=O) groups excluding carboxylic acids is 2. The van der Waals surface area contributed by atoms with Crippen molar-refractivity contribution in [2.24, 2.45) is 7.05 Å². The Labute approximate surface area is 186 Å². The maximum Gasteiger partial charge on any atom is 0.252 e. The smallest absolute Gasteiger partial charge is 0.252 e. The Balaban J connectivity index is 1.60. The minimum Gasteiger partial charge on any atom is -0.342 e. The van der Waals surface area contributed by atoms with Crippen LogP contribution < -0.4 is 10.6 Å². The van der Waals surface area contributed by atoms with Crippen LogP contribution >= 0.6 is 11.8 Å². The Hall–Kier alpha value is -3.13. The molecule has 0 spiro atoms. The number of aryl methyl sites for hydroxylation is 2. The van der Waals surface area contributed by atoms with Crippen molar-refractivity contribution in [1.29, 1.82) is 0 Å². The first kappa shape index (κ1) is 22.6. The largest absolute Gasteiger partial charge is 0.342 e. The summed E-state index contributed by atoms with van der Waals surface area (Å²) in [4.78, 5) is 25.0. The van der Waals surface area contributed by atoms with Gasteiger partial charge in [-0.2, -0.15) is 0 Å². The fourth-order valence-corrected chi connectivity index (χ4v) is 3.92. The average Bonchev–Trinajstić information content (AvgIpc) is 3.10. The van der Waals surface area contributed by atoms with Crippen LogP contribution in [0.1, 0.15) is 45.8 Å². The van der Waals surface area contributed by atoms with Crippen molar-refractivity contribution in [1.82, 2.24) is 20.1 Å². The van der Waals surface area contributed by atoms with E-state index >= 15 is 0 Å². The van der Waals surface area contributed by atoms with E-state index in [1.807, 2.05) is 71.1 Å². The van der Waals surface area contributed by atoms with Crippen LogP contribution in [0.2, 0.25) is 0 Å². The maximum atomic E-state index is 12.6. The molecule has 0 fully saturated rings. The van der Waals surface area contributed by atoms with E-state index in [1.54, 1.807) is 10.6 Å². The molecule has 0 bridgehead atoms. The third kappa shape index (κ3) is 5.32. The molecule has 7 nitrogen and oxygen atoms in total. The number of hydrogen-bond acceptors (Lipinski definition) is 5. The first-order chi connectivity index (χ1) is 14.8. The number of nitrogens with one attached hydrogen (secondary N) is 2. The van der Waals surface area contributed by atoms with Crippen LogP contribution in [-0.2, 0) is 11.8 Å². The van der Waals surface area contributed by atoms with Gasteiger partial charge in [0.05, 0.1) is 11.8 Å². The molecular formula is C23H27N5O2S. The number of anilines is 1. The molecule has 0 aliphatic rings. The molecule has 1 atom stereocenters. The van der Waals surface area contributed by atoms with Crippen LogP contribution in [0, 0.1) is 20.8 Å². The van der Waals surface area contributed by atoms with Gasteiger partial charge in [0.25, 0.3) is 5.91 Å². The summed E-state index contributed by atoms with van der Waals surface area (Å²) in [7, 11) is 1.83. The van der Waals surface area contributed by atoms with E-state index in [1.165, 1.54) is 11.8 Å². The van der Waals surface area contributed by atoms with E-state index in [2.05, 4.69) is 20.8 Å². The van der Waals surface area contributed by atoms with Gasteiger partial charge in [0, 0.05) is 18.3 Å². The van der Waals surface area contributed by atoms with Crippen LogP contribution in [0.25, 0.3) is 0 Å². The van der Waals surface area contributed by atoms with Gasteiger partial charge in [-0.25, -0.2) is 0 Å². The van der Waals surface area contributed by atoms with Gasteiger partial charge in [-0.3, -0.25) is 9.59 Å². The van der Waals surface area contributed by atoms with Crippen molar-refractivity contribution in [3.63, 3.8) is 0 Å². The van der Waals surface area contributed by atoms with Gasteiger partial charge in [-0.15, -0.1) is 10.2 Å². The van der Waals surface area contributed by atoms with Gasteiger partial charge in [0.1, 0.15) is 0 Å². The van der Waals surface area contributed by atoms with E-state index in [0.717, 1.165) is 22.4 Å². The predicted octanol–water partition coefficient (Wildman–Crippen LogP) is 3.96. The number of nitrogens with zero attached hydrogens (tertiary/aromatic N) is 3. The second-order valence-electron chi connectivity index (χ2n) is 7.49. The molecule has 2 aromatic carbocycles. The van der Waals surface area contributed by atoms with Crippen LogP contribution in [0.4, 0.5) is 5.69 Å².